The first-order valence-electron chi connectivity index (χ1n) is 7.72. The van der Waals surface area contributed by atoms with E-state index in [1.807, 2.05) is 17.5 Å². The standard InChI is InChI=1S/C20H19NO2S/c1-14-5-7-15(8-6-14)19(18-4-3-13-24-18)21-20(22)16-9-11-17(23-2)12-10-16/h3-13,19H,1-2H3,(H,21,22)/t19-/m0/s1. The number of carbonyl (C=O) groups excluding carboxylic acids is 1. The van der Waals surface area contributed by atoms with E-state index in [1.54, 1.807) is 42.7 Å². The number of nitrogens with one attached hydrogen (secondary N) is 1. The van der Waals surface area contributed by atoms with Crippen LogP contribution in [0.3, 0.4) is 0 Å². The largest absolute Gasteiger partial charge is 0.497 e. The van der Waals surface area contributed by atoms with Gasteiger partial charge in [0.15, 0.2) is 0 Å². The van der Waals surface area contributed by atoms with Gasteiger partial charge in [-0.3, -0.25) is 4.79 Å². The maximum atomic E-state index is 12.6. The highest BCUT2D eigenvalue weighted by molar-refractivity contribution is 7.10. The summed E-state index contributed by atoms with van der Waals surface area (Å²) in [5, 5.41) is 5.16. The van der Waals surface area contributed by atoms with Crippen molar-refractivity contribution in [3.8, 4) is 5.75 Å². The molecule has 0 saturated heterocycles. The van der Waals surface area contributed by atoms with Crippen molar-refractivity contribution in [3.05, 3.63) is 87.6 Å². The second-order valence-electron chi connectivity index (χ2n) is 5.56. The molecule has 0 fully saturated rings. The lowest BCUT2D eigenvalue weighted by atomic mass is 10.0. The van der Waals surface area contributed by atoms with Crippen LogP contribution in [0.25, 0.3) is 0 Å². The van der Waals surface area contributed by atoms with Crippen molar-refractivity contribution in [2.75, 3.05) is 7.11 Å². The lowest BCUT2D eigenvalue weighted by molar-refractivity contribution is 0.0943. The summed E-state index contributed by atoms with van der Waals surface area (Å²) in [6.07, 6.45) is 0. The van der Waals surface area contributed by atoms with Gasteiger partial charge in [-0.05, 0) is 48.2 Å². The van der Waals surface area contributed by atoms with Crippen molar-refractivity contribution in [2.24, 2.45) is 0 Å². The van der Waals surface area contributed by atoms with Crippen molar-refractivity contribution in [1.82, 2.24) is 5.32 Å². The molecule has 0 spiro atoms. The molecule has 1 N–H and O–H groups in total. The molecule has 0 saturated carbocycles. The Balaban J connectivity index is 1.86. The summed E-state index contributed by atoms with van der Waals surface area (Å²) in [4.78, 5) is 13.8. The van der Waals surface area contributed by atoms with E-state index in [0.29, 0.717) is 5.56 Å². The molecule has 1 heterocycles. The topological polar surface area (TPSA) is 38.3 Å². The van der Waals surface area contributed by atoms with Crippen molar-refractivity contribution in [2.45, 2.75) is 13.0 Å². The van der Waals surface area contributed by atoms with Crippen LogP contribution in [0, 0.1) is 6.92 Å². The predicted molar refractivity (Wildman–Crippen MR) is 97.8 cm³/mol. The van der Waals surface area contributed by atoms with Gasteiger partial charge in [-0.25, -0.2) is 0 Å². The molecule has 1 aromatic heterocycles. The van der Waals surface area contributed by atoms with Gasteiger partial charge in [0.1, 0.15) is 5.75 Å². The molecule has 1 atom stereocenters. The molecule has 122 valence electrons. The average molecular weight is 337 g/mol. The number of hydrogen-bond donors (Lipinski definition) is 1. The number of hydrogen-bond acceptors (Lipinski definition) is 3. The molecule has 0 aliphatic rings. The van der Waals surface area contributed by atoms with E-state index in [2.05, 4.69) is 36.5 Å². The van der Waals surface area contributed by atoms with Gasteiger partial charge in [-0.2, -0.15) is 0 Å². The van der Waals surface area contributed by atoms with Gasteiger partial charge in [-0.1, -0.05) is 35.9 Å². The summed E-state index contributed by atoms with van der Waals surface area (Å²) >= 11 is 1.64. The SMILES string of the molecule is COc1ccc(C(=O)N[C@@H](c2ccc(C)cc2)c2cccs2)cc1. The number of rotatable bonds is 5. The molecule has 0 radical (unpaired) electrons. The fraction of sp³-hybridized carbons (Fsp3) is 0.150. The zero-order valence-corrected chi connectivity index (χ0v) is 14.5. The van der Waals surface area contributed by atoms with Gasteiger partial charge in [0.2, 0.25) is 0 Å². The molecule has 0 unspecified atom stereocenters. The Labute approximate surface area is 145 Å². The van der Waals surface area contributed by atoms with Crippen LogP contribution in [0.1, 0.15) is 32.4 Å². The maximum absolute atomic E-state index is 12.6. The van der Waals surface area contributed by atoms with Crippen molar-refractivity contribution < 1.29 is 9.53 Å². The zero-order chi connectivity index (χ0) is 16.9. The quantitative estimate of drug-likeness (QED) is 0.740. The highest BCUT2D eigenvalue weighted by atomic mass is 32.1. The maximum Gasteiger partial charge on any atom is 0.252 e. The van der Waals surface area contributed by atoms with Crippen molar-refractivity contribution >= 4 is 17.2 Å². The van der Waals surface area contributed by atoms with Gasteiger partial charge < -0.3 is 10.1 Å². The summed E-state index contributed by atoms with van der Waals surface area (Å²) in [6.45, 7) is 2.06. The number of carbonyl (C=O) groups is 1. The van der Waals surface area contributed by atoms with E-state index in [1.165, 1.54) is 5.56 Å². The molecule has 3 aromatic rings. The number of amides is 1. The molecular weight excluding hydrogens is 318 g/mol. The summed E-state index contributed by atoms with van der Waals surface area (Å²) in [5.41, 5.74) is 2.89. The second-order valence-corrected chi connectivity index (χ2v) is 6.54. The molecule has 0 bridgehead atoms. The Morgan fingerprint density at radius 3 is 2.33 bits per heavy atom. The molecule has 3 nitrogen and oxygen atoms in total. The minimum atomic E-state index is -0.153. The molecular formula is C20H19NO2S. The van der Waals surface area contributed by atoms with Crippen LogP contribution < -0.4 is 10.1 Å². The van der Waals surface area contributed by atoms with Crippen LogP contribution in [0.5, 0.6) is 5.75 Å². The van der Waals surface area contributed by atoms with Gasteiger partial charge in [-0.15, -0.1) is 11.3 Å². The molecule has 0 aliphatic heterocycles. The fourth-order valence-electron chi connectivity index (χ4n) is 2.49. The smallest absolute Gasteiger partial charge is 0.252 e. The van der Waals surface area contributed by atoms with E-state index in [4.69, 9.17) is 4.74 Å². The normalized spacial score (nSPS) is 11.8. The van der Waals surface area contributed by atoms with E-state index >= 15 is 0 Å². The van der Waals surface area contributed by atoms with Crippen molar-refractivity contribution in [1.29, 1.82) is 0 Å². The van der Waals surface area contributed by atoms with E-state index < -0.39 is 0 Å². The molecule has 1 amide bonds. The third kappa shape index (κ3) is 3.66. The average Bonchev–Trinajstić information content (AvgIpc) is 3.15. The number of thiophene rings is 1. The summed E-state index contributed by atoms with van der Waals surface area (Å²) in [6, 6.07) is 19.3. The minimum absolute atomic E-state index is 0.100. The fourth-order valence-corrected chi connectivity index (χ4v) is 3.29. The summed E-state index contributed by atoms with van der Waals surface area (Å²) < 4.78 is 5.14. The van der Waals surface area contributed by atoms with Crippen LogP contribution in [0.2, 0.25) is 0 Å². The van der Waals surface area contributed by atoms with E-state index in [9.17, 15) is 4.79 Å². The minimum Gasteiger partial charge on any atom is -0.497 e. The van der Waals surface area contributed by atoms with Crippen LogP contribution >= 0.6 is 11.3 Å². The Morgan fingerprint density at radius 2 is 1.75 bits per heavy atom. The van der Waals surface area contributed by atoms with Crippen LogP contribution in [-0.4, -0.2) is 13.0 Å². The second kappa shape index (κ2) is 7.32. The number of ether oxygens (including phenoxy) is 1. The van der Waals surface area contributed by atoms with Gasteiger partial charge in [0, 0.05) is 10.4 Å². The third-order valence-electron chi connectivity index (χ3n) is 3.87. The zero-order valence-electron chi connectivity index (χ0n) is 13.7. The van der Waals surface area contributed by atoms with E-state index in [-0.39, 0.29) is 11.9 Å². The monoisotopic (exact) mass is 337 g/mol. The van der Waals surface area contributed by atoms with Crippen molar-refractivity contribution in [3.63, 3.8) is 0 Å². The van der Waals surface area contributed by atoms with E-state index in [0.717, 1.165) is 16.2 Å². The Hall–Kier alpha value is -2.59. The highest BCUT2D eigenvalue weighted by Gasteiger charge is 2.18. The Kier molecular flexibility index (Phi) is 4.96. The number of aryl methyl sites for hydroxylation is 1. The Bertz CT molecular complexity index is 793. The predicted octanol–water partition coefficient (Wildman–Crippen LogP) is 4.58. The number of methoxy groups -OCH3 is 1. The summed E-state index contributed by atoms with van der Waals surface area (Å²) in [5.74, 6) is 0.636. The van der Waals surface area contributed by atoms with Crippen LogP contribution in [0.4, 0.5) is 0 Å². The van der Waals surface area contributed by atoms with Gasteiger partial charge >= 0.3 is 0 Å². The van der Waals surface area contributed by atoms with Crippen LogP contribution in [-0.2, 0) is 0 Å². The molecule has 24 heavy (non-hydrogen) atoms. The Morgan fingerprint density at radius 1 is 1.04 bits per heavy atom. The first kappa shape index (κ1) is 16.3. The lowest BCUT2D eigenvalue weighted by Crippen LogP contribution is -2.28. The third-order valence-corrected chi connectivity index (χ3v) is 4.80. The highest BCUT2D eigenvalue weighted by Crippen LogP contribution is 2.27. The molecule has 4 heteroatoms. The first-order valence-corrected chi connectivity index (χ1v) is 8.60. The summed E-state index contributed by atoms with van der Waals surface area (Å²) in [7, 11) is 1.61. The molecule has 2 aromatic carbocycles. The van der Waals surface area contributed by atoms with Crippen LogP contribution in [0.15, 0.2) is 66.0 Å². The van der Waals surface area contributed by atoms with Gasteiger partial charge in [0.25, 0.3) is 5.91 Å². The number of benzene rings is 2. The first-order chi connectivity index (χ1) is 11.7. The molecule has 3 rings (SSSR count). The lowest BCUT2D eigenvalue weighted by Gasteiger charge is -2.18. The molecule has 0 aliphatic carbocycles. The van der Waals surface area contributed by atoms with Gasteiger partial charge in [0.05, 0.1) is 13.2 Å².